The van der Waals surface area contributed by atoms with E-state index in [0.717, 1.165) is 11.0 Å². The summed E-state index contributed by atoms with van der Waals surface area (Å²) in [6, 6.07) is 12.7. The van der Waals surface area contributed by atoms with Crippen LogP contribution in [0, 0.1) is 6.92 Å². The predicted octanol–water partition coefficient (Wildman–Crippen LogP) is 3.04. The Morgan fingerprint density at radius 1 is 1.10 bits per heavy atom. The van der Waals surface area contributed by atoms with Crippen molar-refractivity contribution in [2.75, 3.05) is 24.5 Å². The fraction of sp³-hybridized carbons (Fsp3) is 0.333. The molecule has 152 valence electrons. The van der Waals surface area contributed by atoms with Gasteiger partial charge in [0.1, 0.15) is 0 Å². The number of carbonyl (C=O) groups excluding carboxylic acids is 1. The molecule has 4 rings (SSSR count). The van der Waals surface area contributed by atoms with Gasteiger partial charge in [0, 0.05) is 31.7 Å². The number of aromatic nitrogens is 2. The molecule has 2 aromatic carbocycles. The summed E-state index contributed by atoms with van der Waals surface area (Å²) >= 11 is 0. The molecule has 2 heterocycles. The molecule has 0 bridgehead atoms. The standard InChI is InChI=1S/C21H24N4O3S/c1-4-23(5-2)29(27,28)19-14-16(11-10-15(19)3)20(26)25-13-12-24-18-9-7-6-8-17(18)22-21(24)25/h6-11,14H,4-5,12-13H2,1-3H3. The fourth-order valence-corrected chi connectivity index (χ4v) is 5.56. The Bertz CT molecular complexity index is 1200. The van der Waals surface area contributed by atoms with Gasteiger partial charge in [-0.2, -0.15) is 4.31 Å². The lowest BCUT2D eigenvalue weighted by atomic mass is 10.1. The average Bonchev–Trinajstić information content (AvgIpc) is 3.27. The third-order valence-electron chi connectivity index (χ3n) is 5.43. The molecule has 0 atom stereocenters. The lowest BCUT2D eigenvalue weighted by Gasteiger charge is -2.21. The van der Waals surface area contributed by atoms with Gasteiger partial charge in [-0.05, 0) is 36.8 Å². The highest BCUT2D eigenvalue weighted by atomic mass is 32.2. The van der Waals surface area contributed by atoms with Crippen molar-refractivity contribution in [2.24, 2.45) is 0 Å². The van der Waals surface area contributed by atoms with E-state index in [1.807, 2.05) is 28.8 Å². The number of benzene rings is 2. The molecule has 0 unspecified atom stereocenters. The van der Waals surface area contributed by atoms with Crippen LogP contribution in [0.25, 0.3) is 11.0 Å². The minimum atomic E-state index is -3.65. The quantitative estimate of drug-likeness (QED) is 0.646. The molecule has 1 aliphatic heterocycles. The van der Waals surface area contributed by atoms with Gasteiger partial charge in [0.15, 0.2) is 0 Å². The van der Waals surface area contributed by atoms with Gasteiger partial charge in [-0.3, -0.25) is 9.69 Å². The van der Waals surface area contributed by atoms with Gasteiger partial charge in [0.25, 0.3) is 5.91 Å². The van der Waals surface area contributed by atoms with Crippen LogP contribution in [0.3, 0.4) is 0 Å². The van der Waals surface area contributed by atoms with Crippen molar-refractivity contribution in [3.05, 3.63) is 53.6 Å². The largest absolute Gasteiger partial charge is 0.308 e. The van der Waals surface area contributed by atoms with Gasteiger partial charge in [-0.1, -0.05) is 32.0 Å². The van der Waals surface area contributed by atoms with E-state index in [4.69, 9.17) is 0 Å². The maximum Gasteiger partial charge on any atom is 0.260 e. The summed E-state index contributed by atoms with van der Waals surface area (Å²) < 4.78 is 29.4. The van der Waals surface area contributed by atoms with E-state index in [-0.39, 0.29) is 10.8 Å². The molecular weight excluding hydrogens is 388 g/mol. The Hall–Kier alpha value is -2.71. The van der Waals surface area contributed by atoms with Crippen molar-refractivity contribution in [1.82, 2.24) is 13.9 Å². The number of carbonyl (C=O) groups is 1. The summed E-state index contributed by atoms with van der Waals surface area (Å²) in [6.45, 7) is 7.30. The lowest BCUT2D eigenvalue weighted by Crippen LogP contribution is -2.32. The van der Waals surface area contributed by atoms with Gasteiger partial charge in [0.2, 0.25) is 16.0 Å². The summed E-state index contributed by atoms with van der Waals surface area (Å²) in [6.07, 6.45) is 0. The number of para-hydroxylation sites is 2. The molecule has 29 heavy (non-hydrogen) atoms. The van der Waals surface area contributed by atoms with Crippen molar-refractivity contribution in [3.8, 4) is 0 Å². The molecule has 0 aliphatic carbocycles. The summed E-state index contributed by atoms with van der Waals surface area (Å²) in [7, 11) is -3.65. The number of hydrogen-bond donors (Lipinski definition) is 0. The van der Waals surface area contributed by atoms with Crippen molar-refractivity contribution in [2.45, 2.75) is 32.2 Å². The summed E-state index contributed by atoms with van der Waals surface area (Å²) in [5.41, 5.74) is 2.81. The number of imidazole rings is 1. The first-order valence-electron chi connectivity index (χ1n) is 9.76. The molecule has 0 saturated carbocycles. The second-order valence-electron chi connectivity index (χ2n) is 7.08. The van der Waals surface area contributed by atoms with E-state index in [1.54, 1.807) is 37.8 Å². The highest BCUT2D eigenvalue weighted by molar-refractivity contribution is 7.89. The van der Waals surface area contributed by atoms with Crippen molar-refractivity contribution < 1.29 is 13.2 Å². The number of anilines is 1. The maximum absolute atomic E-state index is 13.3. The van der Waals surface area contributed by atoms with E-state index in [2.05, 4.69) is 4.98 Å². The highest BCUT2D eigenvalue weighted by Crippen LogP contribution is 2.29. The van der Waals surface area contributed by atoms with Crippen molar-refractivity contribution in [1.29, 1.82) is 0 Å². The third-order valence-corrected chi connectivity index (χ3v) is 7.62. The molecule has 0 saturated heterocycles. The lowest BCUT2D eigenvalue weighted by molar-refractivity contribution is 0.0988. The van der Waals surface area contributed by atoms with Crippen LogP contribution in [0.15, 0.2) is 47.4 Å². The first-order valence-corrected chi connectivity index (χ1v) is 11.2. The summed E-state index contributed by atoms with van der Waals surface area (Å²) in [4.78, 5) is 19.7. The molecular formula is C21H24N4O3S. The van der Waals surface area contributed by atoms with E-state index in [1.165, 1.54) is 10.4 Å². The van der Waals surface area contributed by atoms with E-state index < -0.39 is 10.0 Å². The first-order chi connectivity index (χ1) is 13.9. The number of aryl methyl sites for hydroxylation is 1. The van der Waals surface area contributed by atoms with Crippen LogP contribution in [0.2, 0.25) is 0 Å². The Kier molecular flexibility index (Phi) is 4.92. The minimum Gasteiger partial charge on any atom is -0.308 e. The number of fused-ring (bicyclic) bond motifs is 3. The first kappa shape index (κ1) is 19.6. The van der Waals surface area contributed by atoms with Crippen LogP contribution < -0.4 is 4.90 Å². The van der Waals surface area contributed by atoms with Gasteiger partial charge >= 0.3 is 0 Å². The van der Waals surface area contributed by atoms with Gasteiger partial charge in [-0.15, -0.1) is 0 Å². The number of rotatable bonds is 5. The van der Waals surface area contributed by atoms with E-state index >= 15 is 0 Å². The van der Waals surface area contributed by atoms with Crippen LogP contribution in [0.4, 0.5) is 5.95 Å². The molecule has 1 aromatic heterocycles. The average molecular weight is 413 g/mol. The number of sulfonamides is 1. The van der Waals surface area contributed by atoms with Crippen molar-refractivity contribution >= 4 is 32.9 Å². The Morgan fingerprint density at radius 3 is 2.55 bits per heavy atom. The Labute approximate surface area is 170 Å². The molecule has 3 aromatic rings. The van der Waals surface area contributed by atoms with Crippen LogP contribution in [0.1, 0.15) is 29.8 Å². The molecule has 8 heteroatoms. The zero-order chi connectivity index (χ0) is 20.8. The molecule has 0 radical (unpaired) electrons. The van der Waals surface area contributed by atoms with Gasteiger partial charge < -0.3 is 4.57 Å². The molecule has 1 amide bonds. The van der Waals surface area contributed by atoms with Gasteiger partial charge in [-0.25, -0.2) is 13.4 Å². The maximum atomic E-state index is 13.3. The molecule has 0 spiro atoms. The Balaban J connectivity index is 1.73. The van der Waals surface area contributed by atoms with Gasteiger partial charge in [0.05, 0.1) is 15.9 Å². The second-order valence-corrected chi connectivity index (χ2v) is 8.98. The van der Waals surface area contributed by atoms with E-state index in [0.29, 0.717) is 43.3 Å². The van der Waals surface area contributed by atoms with Crippen LogP contribution in [-0.4, -0.2) is 47.8 Å². The molecule has 7 nitrogen and oxygen atoms in total. The molecule has 0 fully saturated rings. The monoisotopic (exact) mass is 412 g/mol. The van der Waals surface area contributed by atoms with Crippen molar-refractivity contribution in [3.63, 3.8) is 0 Å². The number of hydrogen-bond acceptors (Lipinski definition) is 4. The topological polar surface area (TPSA) is 75.5 Å². The normalized spacial score (nSPS) is 14.0. The third kappa shape index (κ3) is 3.12. The second kappa shape index (κ2) is 7.27. The zero-order valence-electron chi connectivity index (χ0n) is 16.8. The van der Waals surface area contributed by atoms with Crippen LogP contribution in [-0.2, 0) is 16.6 Å². The highest BCUT2D eigenvalue weighted by Gasteiger charge is 2.31. The summed E-state index contributed by atoms with van der Waals surface area (Å²) in [5.74, 6) is 0.361. The Morgan fingerprint density at radius 2 is 1.83 bits per heavy atom. The minimum absolute atomic E-state index is 0.180. The fourth-order valence-electron chi connectivity index (χ4n) is 3.85. The SMILES string of the molecule is CCN(CC)S(=O)(=O)c1cc(C(=O)N2CCn3c2nc2ccccc23)ccc1C. The number of amides is 1. The molecule has 1 aliphatic rings. The van der Waals surface area contributed by atoms with E-state index in [9.17, 15) is 13.2 Å². The smallest absolute Gasteiger partial charge is 0.260 e. The summed E-state index contributed by atoms with van der Waals surface area (Å²) in [5, 5.41) is 0. The zero-order valence-corrected chi connectivity index (χ0v) is 17.6. The van der Waals surface area contributed by atoms with Crippen LogP contribution >= 0.6 is 0 Å². The number of nitrogens with zero attached hydrogens (tertiary/aromatic N) is 4. The predicted molar refractivity (Wildman–Crippen MR) is 113 cm³/mol. The molecule has 0 N–H and O–H groups in total. The van der Waals surface area contributed by atoms with Crippen LogP contribution in [0.5, 0.6) is 0 Å².